The van der Waals surface area contributed by atoms with E-state index < -0.39 is 0 Å². The molecule has 11 heavy (non-hydrogen) atoms. The second-order valence-corrected chi connectivity index (χ2v) is 2.83. The van der Waals surface area contributed by atoms with Crippen LogP contribution in [0.15, 0.2) is 0 Å². The van der Waals surface area contributed by atoms with E-state index in [2.05, 4.69) is 15.2 Å². The summed E-state index contributed by atoms with van der Waals surface area (Å²) >= 11 is 1.67. The first kappa shape index (κ1) is 8.08. The molecule has 0 unspecified atom stereocenters. The Hall–Kier alpha value is -1.02. The van der Waals surface area contributed by atoms with Gasteiger partial charge >= 0.3 is 0 Å². The molecule has 1 rings (SSSR count). The van der Waals surface area contributed by atoms with Gasteiger partial charge in [-0.05, 0) is 6.26 Å². The zero-order valence-corrected chi connectivity index (χ0v) is 6.98. The summed E-state index contributed by atoms with van der Waals surface area (Å²) in [6, 6.07) is 1.99. The summed E-state index contributed by atoms with van der Waals surface area (Å²) in [4.78, 5) is 4.08. The number of hydrogen-bond donors (Lipinski definition) is 1. The van der Waals surface area contributed by atoms with E-state index in [-0.39, 0.29) is 6.42 Å². The quantitative estimate of drug-likeness (QED) is 0.722. The minimum absolute atomic E-state index is 0.283. The normalized spacial score (nSPS) is 9.45. The summed E-state index contributed by atoms with van der Waals surface area (Å²) in [5.74, 6) is 2.23. The fourth-order valence-corrected chi connectivity index (χ4v) is 1.09. The largest absolute Gasteiger partial charge is 0.262 e. The lowest BCUT2D eigenvalue weighted by Crippen LogP contribution is -1.84. The number of aromatic amines is 1. The van der Waals surface area contributed by atoms with Crippen molar-refractivity contribution in [2.75, 3.05) is 6.26 Å². The molecule has 1 aromatic heterocycles. The number of nitrogens with zero attached hydrogens (tertiary/aromatic N) is 3. The second kappa shape index (κ2) is 3.98. The lowest BCUT2D eigenvalue weighted by atomic mass is 10.5. The molecule has 0 fully saturated rings. The third-order valence-electron chi connectivity index (χ3n) is 1.10. The minimum atomic E-state index is 0.283. The van der Waals surface area contributed by atoms with Gasteiger partial charge in [0.15, 0.2) is 5.82 Å². The first-order valence-electron chi connectivity index (χ1n) is 3.13. The van der Waals surface area contributed by atoms with Crippen molar-refractivity contribution in [2.24, 2.45) is 0 Å². The maximum Gasteiger partial charge on any atom is 0.164 e. The number of thioether (sulfide) groups is 1. The number of nitriles is 1. The molecule has 0 radical (unpaired) electrons. The van der Waals surface area contributed by atoms with Crippen LogP contribution in [0.4, 0.5) is 0 Å². The molecule has 58 valence electrons. The van der Waals surface area contributed by atoms with Crippen molar-refractivity contribution in [3.05, 3.63) is 11.6 Å². The van der Waals surface area contributed by atoms with Crippen LogP contribution >= 0.6 is 11.8 Å². The summed E-state index contributed by atoms with van der Waals surface area (Å²) < 4.78 is 0. The van der Waals surface area contributed by atoms with Gasteiger partial charge in [-0.15, -0.1) is 0 Å². The number of aromatic nitrogens is 3. The molecule has 5 heteroatoms. The van der Waals surface area contributed by atoms with Crippen LogP contribution in [0.5, 0.6) is 0 Å². The Bertz CT molecular complexity index is 262. The van der Waals surface area contributed by atoms with Crippen molar-refractivity contribution in [3.63, 3.8) is 0 Å². The van der Waals surface area contributed by atoms with Gasteiger partial charge in [-0.1, -0.05) is 0 Å². The van der Waals surface area contributed by atoms with Crippen molar-refractivity contribution in [3.8, 4) is 6.07 Å². The highest BCUT2D eigenvalue weighted by atomic mass is 32.2. The highest BCUT2D eigenvalue weighted by molar-refractivity contribution is 7.97. The van der Waals surface area contributed by atoms with Crippen molar-refractivity contribution in [1.29, 1.82) is 5.26 Å². The first-order chi connectivity index (χ1) is 5.36. The molecule has 4 nitrogen and oxygen atoms in total. The Morgan fingerprint density at radius 1 is 1.73 bits per heavy atom. The van der Waals surface area contributed by atoms with Crippen LogP contribution in [-0.4, -0.2) is 21.4 Å². The molecule has 0 aliphatic heterocycles. The van der Waals surface area contributed by atoms with E-state index in [0.29, 0.717) is 5.82 Å². The minimum Gasteiger partial charge on any atom is -0.262 e. The van der Waals surface area contributed by atoms with Crippen LogP contribution in [0.2, 0.25) is 0 Å². The molecule has 0 bridgehead atoms. The third kappa shape index (κ3) is 2.24. The van der Waals surface area contributed by atoms with Gasteiger partial charge in [0, 0.05) is 0 Å². The number of nitrogens with one attached hydrogen (secondary N) is 1. The van der Waals surface area contributed by atoms with Gasteiger partial charge in [0.1, 0.15) is 5.82 Å². The van der Waals surface area contributed by atoms with Gasteiger partial charge < -0.3 is 0 Å². The lowest BCUT2D eigenvalue weighted by molar-refractivity contribution is 0.986. The Morgan fingerprint density at radius 2 is 2.55 bits per heavy atom. The summed E-state index contributed by atoms with van der Waals surface area (Å²) in [5, 5.41) is 14.9. The molecule has 1 aromatic rings. The maximum atomic E-state index is 8.31. The van der Waals surface area contributed by atoms with Crippen molar-refractivity contribution >= 4 is 11.8 Å². The van der Waals surface area contributed by atoms with E-state index in [1.807, 2.05) is 12.3 Å². The van der Waals surface area contributed by atoms with E-state index in [1.54, 1.807) is 11.8 Å². The smallest absolute Gasteiger partial charge is 0.164 e. The summed E-state index contributed by atoms with van der Waals surface area (Å²) in [7, 11) is 0. The topological polar surface area (TPSA) is 65.4 Å². The molecule has 0 saturated carbocycles. The molecule has 0 spiro atoms. The number of rotatable bonds is 3. The van der Waals surface area contributed by atoms with Crippen LogP contribution in [-0.2, 0) is 12.2 Å². The maximum absolute atomic E-state index is 8.31. The summed E-state index contributed by atoms with van der Waals surface area (Å²) in [6.45, 7) is 0. The van der Waals surface area contributed by atoms with Gasteiger partial charge in [-0.25, -0.2) is 4.98 Å². The average Bonchev–Trinajstić information content (AvgIpc) is 2.38. The number of hydrogen-bond acceptors (Lipinski definition) is 4. The predicted octanol–water partition coefficient (Wildman–Crippen LogP) is 0.734. The molecule has 1 heterocycles. The molecular weight excluding hydrogens is 160 g/mol. The van der Waals surface area contributed by atoms with Crippen molar-refractivity contribution < 1.29 is 0 Å². The standard InChI is InChI=1S/C6H8N4S/c1-11-4-6-8-5(2-3-7)9-10-6/h2,4H2,1H3,(H,8,9,10). The van der Waals surface area contributed by atoms with Crippen LogP contribution in [0.25, 0.3) is 0 Å². The zero-order valence-electron chi connectivity index (χ0n) is 6.16. The second-order valence-electron chi connectivity index (χ2n) is 1.97. The first-order valence-corrected chi connectivity index (χ1v) is 4.52. The van der Waals surface area contributed by atoms with E-state index >= 15 is 0 Å². The van der Waals surface area contributed by atoms with Gasteiger partial charge in [-0.2, -0.15) is 22.1 Å². The van der Waals surface area contributed by atoms with Gasteiger partial charge in [0.2, 0.25) is 0 Å². The molecule has 0 aromatic carbocycles. The third-order valence-corrected chi connectivity index (χ3v) is 1.66. The van der Waals surface area contributed by atoms with E-state index in [9.17, 15) is 0 Å². The summed E-state index contributed by atoms with van der Waals surface area (Å²) in [6.07, 6.45) is 2.28. The molecule has 0 atom stereocenters. The fourth-order valence-electron chi connectivity index (χ4n) is 0.686. The highest BCUT2D eigenvalue weighted by Gasteiger charge is 2.00. The number of H-pyrrole nitrogens is 1. The van der Waals surface area contributed by atoms with E-state index in [1.165, 1.54) is 0 Å². The van der Waals surface area contributed by atoms with Crippen LogP contribution in [0.1, 0.15) is 11.6 Å². The summed E-state index contributed by atoms with van der Waals surface area (Å²) in [5.41, 5.74) is 0. The lowest BCUT2D eigenvalue weighted by Gasteiger charge is -1.85. The Labute approximate surface area is 69.0 Å². The SMILES string of the molecule is CSCc1nc(CC#N)n[nH]1. The van der Waals surface area contributed by atoms with Crippen molar-refractivity contribution in [1.82, 2.24) is 15.2 Å². The Kier molecular flexibility index (Phi) is 2.93. The van der Waals surface area contributed by atoms with Gasteiger partial charge in [-0.3, -0.25) is 5.10 Å². The molecule has 0 amide bonds. The predicted molar refractivity (Wildman–Crippen MR) is 42.9 cm³/mol. The van der Waals surface area contributed by atoms with Gasteiger partial charge in [0.25, 0.3) is 0 Å². The molecule has 0 saturated heterocycles. The molecule has 1 N–H and O–H groups in total. The van der Waals surface area contributed by atoms with Crippen LogP contribution in [0, 0.1) is 11.3 Å². The monoisotopic (exact) mass is 168 g/mol. The fraction of sp³-hybridized carbons (Fsp3) is 0.500. The van der Waals surface area contributed by atoms with Crippen molar-refractivity contribution in [2.45, 2.75) is 12.2 Å². The van der Waals surface area contributed by atoms with E-state index in [4.69, 9.17) is 5.26 Å². The molecule has 0 aliphatic carbocycles. The molecular formula is C6H8N4S. The van der Waals surface area contributed by atoms with E-state index in [0.717, 1.165) is 11.6 Å². The van der Waals surface area contributed by atoms with Crippen LogP contribution < -0.4 is 0 Å². The molecule has 0 aliphatic rings. The highest BCUT2D eigenvalue weighted by Crippen LogP contribution is 2.02. The Morgan fingerprint density at radius 3 is 3.18 bits per heavy atom. The van der Waals surface area contributed by atoms with Gasteiger partial charge in [0.05, 0.1) is 18.2 Å². The average molecular weight is 168 g/mol. The van der Waals surface area contributed by atoms with Crippen LogP contribution in [0.3, 0.4) is 0 Å². The zero-order chi connectivity index (χ0) is 8.10. The Balaban J connectivity index is 2.60.